The highest BCUT2D eigenvalue weighted by Gasteiger charge is 2.11. The van der Waals surface area contributed by atoms with Crippen LogP contribution in [0.2, 0.25) is 0 Å². The molecule has 0 aliphatic carbocycles. The fourth-order valence-corrected chi connectivity index (χ4v) is 3.11. The molecule has 0 saturated carbocycles. The fourth-order valence-electron chi connectivity index (χ4n) is 3.11. The minimum Gasteiger partial charge on any atom is -0.489 e. The topological polar surface area (TPSA) is 62.1 Å². The molecule has 4 heteroatoms. The molecule has 0 fully saturated rings. The molecule has 3 rings (SSSR count). The standard InChI is InChI=1S/C27H26N2O2/c1-18-8-9-23(14-20(18)3)17-31-25-12-10-22(11-13-25)15-24(16-28)27(30)29-26-7-5-6-19(2)21(26)4/h5-15H,17H2,1-4H3,(H,29,30)/b24-15+. The molecule has 31 heavy (non-hydrogen) atoms. The average molecular weight is 411 g/mol. The Labute approximate surface area is 183 Å². The van der Waals surface area contributed by atoms with Crippen molar-refractivity contribution in [3.05, 3.63) is 99.6 Å². The van der Waals surface area contributed by atoms with Gasteiger partial charge in [-0.2, -0.15) is 5.26 Å². The van der Waals surface area contributed by atoms with E-state index in [1.54, 1.807) is 6.08 Å². The number of hydrogen-bond donors (Lipinski definition) is 1. The van der Waals surface area contributed by atoms with E-state index >= 15 is 0 Å². The number of nitrogens with zero attached hydrogens (tertiary/aromatic N) is 1. The average Bonchev–Trinajstić information content (AvgIpc) is 2.76. The number of nitrogens with one attached hydrogen (secondary N) is 1. The first-order chi connectivity index (χ1) is 14.9. The first-order valence-corrected chi connectivity index (χ1v) is 10.2. The van der Waals surface area contributed by atoms with Crippen LogP contribution in [0.5, 0.6) is 5.75 Å². The van der Waals surface area contributed by atoms with Crippen molar-refractivity contribution in [2.75, 3.05) is 5.32 Å². The molecule has 0 aliphatic rings. The van der Waals surface area contributed by atoms with Gasteiger partial charge < -0.3 is 10.1 Å². The normalized spacial score (nSPS) is 11.0. The summed E-state index contributed by atoms with van der Waals surface area (Å²) in [5.41, 5.74) is 7.19. The van der Waals surface area contributed by atoms with Crippen molar-refractivity contribution in [2.45, 2.75) is 34.3 Å². The minimum atomic E-state index is -0.425. The summed E-state index contributed by atoms with van der Waals surface area (Å²) in [6.45, 7) is 8.58. The first kappa shape index (κ1) is 21.9. The lowest BCUT2D eigenvalue weighted by atomic mass is 10.1. The number of aryl methyl sites for hydroxylation is 3. The van der Waals surface area contributed by atoms with Gasteiger partial charge in [-0.05, 0) is 85.4 Å². The van der Waals surface area contributed by atoms with E-state index in [1.165, 1.54) is 11.1 Å². The molecule has 0 saturated heterocycles. The molecule has 0 radical (unpaired) electrons. The maximum Gasteiger partial charge on any atom is 0.266 e. The SMILES string of the molecule is Cc1ccc(COc2ccc(/C=C(\C#N)C(=O)Nc3cccc(C)c3C)cc2)cc1C. The van der Waals surface area contributed by atoms with Crippen LogP contribution in [0, 0.1) is 39.0 Å². The van der Waals surface area contributed by atoms with E-state index < -0.39 is 5.91 Å². The summed E-state index contributed by atoms with van der Waals surface area (Å²) in [5, 5.41) is 12.3. The quantitative estimate of drug-likeness (QED) is 0.398. The zero-order chi connectivity index (χ0) is 22.4. The Morgan fingerprint density at radius 1 is 0.968 bits per heavy atom. The van der Waals surface area contributed by atoms with Crippen LogP contribution in [0.25, 0.3) is 6.08 Å². The van der Waals surface area contributed by atoms with E-state index in [0.717, 1.165) is 28.0 Å². The molecular weight excluding hydrogens is 384 g/mol. The largest absolute Gasteiger partial charge is 0.489 e. The number of rotatable bonds is 6. The molecule has 3 aromatic carbocycles. The number of nitriles is 1. The van der Waals surface area contributed by atoms with Crippen LogP contribution in [0.1, 0.15) is 33.4 Å². The van der Waals surface area contributed by atoms with E-state index in [9.17, 15) is 10.1 Å². The Kier molecular flexibility index (Phi) is 6.89. The Hall–Kier alpha value is -3.84. The summed E-state index contributed by atoms with van der Waals surface area (Å²) in [7, 11) is 0. The highest BCUT2D eigenvalue weighted by atomic mass is 16.5. The summed E-state index contributed by atoms with van der Waals surface area (Å²) in [4.78, 5) is 12.6. The third-order valence-corrected chi connectivity index (χ3v) is 5.39. The smallest absolute Gasteiger partial charge is 0.266 e. The predicted molar refractivity (Wildman–Crippen MR) is 125 cm³/mol. The van der Waals surface area contributed by atoms with E-state index in [-0.39, 0.29) is 5.57 Å². The molecule has 4 nitrogen and oxygen atoms in total. The number of amides is 1. The second-order valence-corrected chi connectivity index (χ2v) is 7.65. The Balaban J connectivity index is 1.67. The van der Waals surface area contributed by atoms with Gasteiger partial charge >= 0.3 is 0 Å². The van der Waals surface area contributed by atoms with Gasteiger partial charge in [0.25, 0.3) is 5.91 Å². The van der Waals surface area contributed by atoms with Crippen LogP contribution in [-0.4, -0.2) is 5.91 Å². The van der Waals surface area contributed by atoms with Gasteiger partial charge in [-0.3, -0.25) is 4.79 Å². The molecule has 1 N–H and O–H groups in total. The number of benzene rings is 3. The highest BCUT2D eigenvalue weighted by Crippen LogP contribution is 2.20. The third-order valence-electron chi connectivity index (χ3n) is 5.39. The van der Waals surface area contributed by atoms with Gasteiger partial charge in [0.15, 0.2) is 0 Å². The molecule has 3 aromatic rings. The van der Waals surface area contributed by atoms with Gasteiger partial charge in [-0.1, -0.05) is 42.5 Å². The monoisotopic (exact) mass is 410 g/mol. The summed E-state index contributed by atoms with van der Waals surface area (Å²) in [6, 6.07) is 21.3. The lowest BCUT2D eigenvalue weighted by molar-refractivity contribution is -0.112. The van der Waals surface area contributed by atoms with Crippen molar-refractivity contribution in [2.24, 2.45) is 0 Å². The third kappa shape index (κ3) is 5.61. The lowest BCUT2D eigenvalue weighted by Crippen LogP contribution is -2.14. The second kappa shape index (κ2) is 9.77. The molecule has 156 valence electrons. The number of carbonyl (C=O) groups excluding carboxylic acids is 1. The van der Waals surface area contributed by atoms with Crippen LogP contribution in [0.3, 0.4) is 0 Å². The van der Waals surface area contributed by atoms with Crippen molar-refractivity contribution in [1.82, 2.24) is 0 Å². The van der Waals surface area contributed by atoms with Crippen LogP contribution in [0.15, 0.2) is 66.2 Å². The van der Waals surface area contributed by atoms with E-state index in [1.807, 2.05) is 62.4 Å². The van der Waals surface area contributed by atoms with Gasteiger partial charge in [0.2, 0.25) is 0 Å². The highest BCUT2D eigenvalue weighted by molar-refractivity contribution is 6.10. The van der Waals surface area contributed by atoms with Crippen molar-refractivity contribution in [3.8, 4) is 11.8 Å². The molecule has 0 aromatic heterocycles. The van der Waals surface area contributed by atoms with E-state index in [4.69, 9.17) is 4.74 Å². The van der Waals surface area contributed by atoms with Gasteiger partial charge in [-0.25, -0.2) is 0 Å². The Morgan fingerprint density at radius 3 is 2.39 bits per heavy atom. The lowest BCUT2D eigenvalue weighted by Gasteiger charge is -2.10. The second-order valence-electron chi connectivity index (χ2n) is 7.65. The van der Waals surface area contributed by atoms with Crippen LogP contribution >= 0.6 is 0 Å². The predicted octanol–water partition coefficient (Wildman–Crippen LogP) is 6.04. The maximum absolute atomic E-state index is 12.6. The van der Waals surface area contributed by atoms with Crippen molar-refractivity contribution >= 4 is 17.7 Å². The minimum absolute atomic E-state index is 0.0460. The molecule has 0 atom stereocenters. The molecule has 0 unspecified atom stereocenters. The first-order valence-electron chi connectivity index (χ1n) is 10.2. The number of anilines is 1. The van der Waals surface area contributed by atoms with Gasteiger partial charge in [-0.15, -0.1) is 0 Å². The molecule has 0 heterocycles. The molecule has 0 aliphatic heterocycles. The summed E-state index contributed by atoms with van der Waals surface area (Å²) < 4.78 is 5.86. The molecule has 0 bridgehead atoms. The zero-order valence-electron chi connectivity index (χ0n) is 18.3. The fraction of sp³-hybridized carbons (Fsp3) is 0.185. The van der Waals surface area contributed by atoms with Crippen LogP contribution < -0.4 is 10.1 Å². The Morgan fingerprint density at radius 2 is 1.71 bits per heavy atom. The maximum atomic E-state index is 12.6. The molecular formula is C27H26N2O2. The van der Waals surface area contributed by atoms with Gasteiger partial charge in [0.1, 0.15) is 24.0 Å². The van der Waals surface area contributed by atoms with Crippen molar-refractivity contribution in [1.29, 1.82) is 5.26 Å². The summed E-state index contributed by atoms with van der Waals surface area (Å²) >= 11 is 0. The van der Waals surface area contributed by atoms with Crippen molar-refractivity contribution < 1.29 is 9.53 Å². The number of ether oxygens (including phenoxy) is 1. The zero-order valence-corrected chi connectivity index (χ0v) is 18.3. The van der Waals surface area contributed by atoms with Crippen LogP contribution in [-0.2, 0) is 11.4 Å². The van der Waals surface area contributed by atoms with Gasteiger partial charge in [0, 0.05) is 5.69 Å². The summed E-state index contributed by atoms with van der Waals surface area (Å²) in [5.74, 6) is 0.306. The van der Waals surface area contributed by atoms with Crippen molar-refractivity contribution in [3.63, 3.8) is 0 Å². The molecule has 1 amide bonds. The van der Waals surface area contributed by atoms with Gasteiger partial charge in [0.05, 0.1) is 0 Å². The molecule has 0 spiro atoms. The van der Waals surface area contributed by atoms with Crippen LogP contribution in [0.4, 0.5) is 5.69 Å². The number of hydrogen-bond acceptors (Lipinski definition) is 3. The van der Waals surface area contributed by atoms with E-state index in [0.29, 0.717) is 12.3 Å². The Bertz CT molecular complexity index is 1170. The number of carbonyl (C=O) groups is 1. The van der Waals surface area contributed by atoms with E-state index in [2.05, 4.69) is 37.4 Å². The summed E-state index contributed by atoms with van der Waals surface area (Å²) in [6.07, 6.45) is 1.58.